The summed E-state index contributed by atoms with van der Waals surface area (Å²) < 4.78 is 5.69. The van der Waals surface area contributed by atoms with Crippen LogP contribution in [-0.2, 0) is 0 Å². The molecule has 1 N–H and O–H groups in total. The van der Waals surface area contributed by atoms with Crippen molar-refractivity contribution in [2.75, 3.05) is 0 Å². The monoisotopic (exact) mass is 320 g/mol. The van der Waals surface area contributed by atoms with Crippen LogP contribution in [0.3, 0.4) is 0 Å². The average molecular weight is 320 g/mol. The van der Waals surface area contributed by atoms with E-state index in [9.17, 15) is 4.79 Å². The quantitative estimate of drug-likeness (QED) is 0.778. The Morgan fingerprint density at radius 1 is 1.25 bits per heavy atom. The standard InChI is InChI=1S/C20H20N2O2/c1-12-7-10-19(24-12)18-11-16(15-5-3-4-6-17(15)22-18)20(23)21-13(2)14-8-9-14/h3-7,10-11,13-14H,8-9H2,1-2H3,(H,21,23)/t13-/m0/s1. The number of hydrogen-bond donors (Lipinski definition) is 1. The molecule has 4 heteroatoms. The molecule has 0 spiro atoms. The van der Waals surface area contributed by atoms with E-state index in [1.54, 1.807) is 0 Å². The number of pyridine rings is 1. The number of rotatable bonds is 4. The molecule has 4 rings (SSSR count). The Bertz CT molecular complexity index is 909. The van der Waals surface area contributed by atoms with Gasteiger partial charge in [0, 0.05) is 11.4 Å². The highest BCUT2D eigenvalue weighted by Gasteiger charge is 2.29. The zero-order valence-corrected chi connectivity index (χ0v) is 13.9. The SMILES string of the molecule is Cc1ccc(-c2cc(C(=O)N[C@@H](C)C3CC3)c3ccccc3n2)o1. The maximum atomic E-state index is 12.8. The Labute approximate surface area is 140 Å². The predicted molar refractivity (Wildman–Crippen MR) is 93.8 cm³/mol. The predicted octanol–water partition coefficient (Wildman–Crippen LogP) is 4.33. The van der Waals surface area contributed by atoms with Crippen molar-refractivity contribution in [3.63, 3.8) is 0 Å². The summed E-state index contributed by atoms with van der Waals surface area (Å²) in [7, 11) is 0. The van der Waals surface area contributed by atoms with Gasteiger partial charge in [0.05, 0.1) is 11.1 Å². The van der Waals surface area contributed by atoms with Crippen molar-refractivity contribution in [1.82, 2.24) is 10.3 Å². The molecular weight excluding hydrogens is 300 g/mol. The lowest BCUT2D eigenvalue weighted by Gasteiger charge is -2.14. The molecule has 2 aromatic heterocycles. The van der Waals surface area contributed by atoms with Gasteiger partial charge in [0.15, 0.2) is 5.76 Å². The van der Waals surface area contributed by atoms with Gasteiger partial charge < -0.3 is 9.73 Å². The van der Waals surface area contributed by atoms with Crippen molar-refractivity contribution in [3.8, 4) is 11.5 Å². The Balaban J connectivity index is 1.78. The smallest absolute Gasteiger partial charge is 0.252 e. The number of carbonyl (C=O) groups excluding carboxylic acids is 1. The zero-order valence-electron chi connectivity index (χ0n) is 13.9. The normalized spacial score (nSPS) is 15.4. The first-order valence-electron chi connectivity index (χ1n) is 8.39. The number of fused-ring (bicyclic) bond motifs is 1. The summed E-state index contributed by atoms with van der Waals surface area (Å²) in [6.45, 7) is 3.98. The molecule has 2 heterocycles. The van der Waals surface area contributed by atoms with Gasteiger partial charge in [-0.15, -0.1) is 0 Å². The largest absolute Gasteiger partial charge is 0.460 e. The van der Waals surface area contributed by atoms with Crippen LogP contribution in [0.4, 0.5) is 0 Å². The van der Waals surface area contributed by atoms with Crippen molar-refractivity contribution >= 4 is 16.8 Å². The molecule has 0 unspecified atom stereocenters. The van der Waals surface area contributed by atoms with E-state index >= 15 is 0 Å². The van der Waals surface area contributed by atoms with Gasteiger partial charge in [0.2, 0.25) is 0 Å². The highest BCUT2D eigenvalue weighted by molar-refractivity contribution is 6.07. The zero-order chi connectivity index (χ0) is 16.7. The Kier molecular flexibility index (Phi) is 3.60. The molecule has 1 fully saturated rings. The summed E-state index contributed by atoms with van der Waals surface area (Å²) in [6, 6.07) is 13.6. The second-order valence-corrected chi connectivity index (χ2v) is 6.58. The molecule has 1 saturated carbocycles. The van der Waals surface area contributed by atoms with Crippen LogP contribution >= 0.6 is 0 Å². The van der Waals surface area contributed by atoms with Crippen molar-refractivity contribution in [3.05, 3.63) is 53.8 Å². The second kappa shape index (κ2) is 5.78. The van der Waals surface area contributed by atoms with Crippen LogP contribution in [0, 0.1) is 12.8 Å². The molecular formula is C20H20N2O2. The Hall–Kier alpha value is -2.62. The minimum Gasteiger partial charge on any atom is -0.460 e. The van der Waals surface area contributed by atoms with Crippen molar-refractivity contribution in [1.29, 1.82) is 0 Å². The van der Waals surface area contributed by atoms with Crippen LogP contribution in [0.2, 0.25) is 0 Å². The molecule has 4 nitrogen and oxygen atoms in total. The highest BCUT2D eigenvalue weighted by atomic mass is 16.3. The summed E-state index contributed by atoms with van der Waals surface area (Å²) in [5, 5.41) is 4.00. The van der Waals surface area contributed by atoms with E-state index in [4.69, 9.17) is 4.42 Å². The summed E-state index contributed by atoms with van der Waals surface area (Å²) in [5.41, 5.74) is 2.14. The number of nitrogens with one attached hydrogen (secondary N) is 1. The summed E-state index contributed by atoms with van der Waals surface area (Å²) in [6.07, 6.45) is 2.41. The lowest BCUT2D eigenvalue weighted by atomic mass is 10.1. The molecule has 1 atom stereocenters. The lowest BCUT2D eigenvalue weighted by Crippen LogP contribution is -2.34. The number of aromatic nitrogens is 1. The number of amides is 1. The fourth-order valence-corrected chi connectivity index (χ4v) is 3.06. The first-order chi connectivity index (χ1) is 11.6. The van der Waals surface area contributed by atoms with Crippen LogP contribution in [0.15, 0.2) is 46.9 Å². The minimum atomic E-state index is -0.0440. The van der Waals surface area contributed by atoms with E-state index in [1.165, 1.54) is 12.8 Å². The number of aryl methyl sites for hydroxylation is 1. The van der Waals surface area contributed by atoms with Crippen LogP contribution in [0.5, 0.6) is 0 Å². The topological polar surface area (TPSA) is 55.1 Å². The maximum Gasteiger partial charge on any atom is 0.252 e. The van der Waals surface area contributed by atoms with E-state index in [0.717, 1.165) is 16.7 Å². The lowest BCUT2D eigenvalue weighted by molar-refractivity contribution is 0.0937. The molecule has 1 aromatic carbocycles. The first kappa shape index (κ1) is 14.9. The Morgan fingerprint density at radius 2 is 2.04 bits per heavy atom. The summed E-state index contributed by atoms with van der Waals surface area (Å²) in [4.78, 5) is 17.5. The number of hydrogen-bond acceptors (Lipinski definition) is 3. The fourth-order valence-electron chi connectivity index (χ4n) is 3.06. The van der Waals surface area contributed by atoms with E-state index in [-0.39, 0.29) is 11.9 Å². The molecule has 0 bridgehead atoms. The van der Waals surface area contributed by atoms with Crippen molar-refractivity contribution in [2.24, 2.45) is 5.92 Å². The van der Waals surface area contributed by atoms with Crippen LogP contribution in [-0.4, -0.2) is 16.9 Å². The molecule has 0 aliphatic heterocycles. The minimum absolute atomic E-state index is 0.0440. The van der Waals surface area contributed by atoms with Crippen LogP contribution in [0.25, 0.3) is 22.4 Å². The van der Waals surface area contributed by atoms with Crippen LogP contribution < -0.4 is 5.32 Å². The van der Waals surface area contributed by atoms with Gasteiger partial charge in [-0.25, -0.2) is 4.98 Å². The molecule has 3 aromatic rings. The molecule has 1 aliphatic rings. The van der Waals surface area contributed by atoms with Gasteiger partial charge in [-0.05, 0) is 56.9 Å². The maximum absolute atomic E-state index is 12.8. The Morgan fingerprint density at radius 3 is 2.75 bits per heavy atom. The second-order valence-electron chi connectivity index (χ2n) is 6.58. The van der Waals surface area contributed by atoms with Crippen molar-refractivity contribution in [2.45, 2.75) is 32.7 Å². The first-order valence-corrected chi connectivity index (χ1v) is 8.39. The molecule has 1 aliphatic carbocycles. The summed E-state index contributed by atoms with van der Waals surface area (Å²) in [5.74, 6) is 2.09. The third-order valence-corrected chi connectivity index (χ3v) is 4.64. The summed E-state index contributed by atoms with van der Waals surface area (Å²) >= 11 is 0. The van der Waals surface area contributed by atoms with Gasteiger partial charge in [0.25, 0.3) is 5.91 Å². The molecule has 0 saturated heterocycles. The fraction of sp³-hybridized carbons (Fsp3) is 0.300. The number of furan rings is 1. The van der Waals surface area contributed by atoms with E-state index in [0.29, 0.717) is 22.9 Å². The third-order valence-electron chi connectivity index (χ3n) is 4.64. The number of carbonyl (C=O) groups is 1. The average Bonchev–Trinajstić information content (AvgIpc) is 3.35. The molecule has 122 valence electrons. The van der Waals surface area contributed by atoms with Crippen molar-refractivity contribution < 1.29 is 9.21 Å². The third kappa shape index (κ3) is 2.80. The van der Waals surface area contributed by atoms with E-state index in [1.807, 2.05) is 49.4 Å². The van der Waals surface area contributed by atoms with Crippen LogP contribution in [0.1, 0.15) is 35.9 Å². The number of nitrogens with zero attached hydrogens (tertiary/aromatic N) is 1. The van der Waals surface area contributed by atoms with Gasteiger partial charge >= 0.3 is 0 Å². The van der Waals surface area contributed by atoms with Gasteiger partial charge in [-0.3, -0.25) is 4.79 Å². The highest BCUT2D eigenvalue weighted by Crippen LogP contribution is 2.33. The van der Waals surface area contributed by atoms with Gasteiger partial charge in [-0.1, -0.05) is 18.2 Å². The molecule has 24 heavy (non-hydrogen) atoms. The van der Waals surface area contributed by atoms with E-state index in [2.05, 4.69) is 17.2 Å². The van der Waals surface area contributed by atoms with Gasteiger partial charge in [0.1, 0.15) is 11.5 Å². The number of benzene rings is 1. The van der Waals surface area contributed by atoms with E-state index < -0.39 is 0 Å². The molecule has 1 amide bonds. The number of para-hydroxylation sites is 1. The van der Waals surface area contributed by atoms with Gasteiger partial charge in [-0.2, -0.15) is 0 Å². The molecule has 0 radical (unpaired) electrons.